The van der Waals surface area contributed by atoms with Crippen LogP contribution in [0.2, 0.25) is 0 Å². The van der Waals surface area contributed by atoms with E-state index in [0.29, 0.717) is 12.8 Å². The van der Waals surface area contributed by atoms with Crippen molar-refractivity contribution >= 4 is 27.7 Å². The van der Waals surface area contributed by atoms with Gasteiger partial charge in [0.2, 0.25) is 11.8 Å². The number of halogens is 3. The van der Waals surface area contributed by atoms with Crippen LogP contribution in [-0.2, 0) is 16.1 Å². The Labute approximate surface area is 117 Å². The normalized spacial score (nSPS) is 16.7. The molecular weight excluding hydrogens is 320 g/mol. The smallest absolute Gasteiger partial charge is 0.229 e. The Bertz CT molecular complexity index is 516. The van der Waals surface area contributed by atoms with Crippen LogP contribution in [0.1, 0.15) is 31.2 Å². The number of carbonyl (C=O) groups is 2. The van der Waals surface area contributed by atoms with Gasteiger partial charge in [0.25, 0.3) is 0 Å². The van der Waals surface area contributed by atoms with Crippen LogP contribution >= 0.6 is 15.9 Å². The van der Waals surface area contributed by atoms with E-state index in [9.17, 15) is 18.4 Å². The molecule has 1 aliphatic heterocycles. The van der Waals surface area contributed by atoms with Gasteiger partial charge in [0, 0.05) is 18.4 Å². The molecule has 1 aromatic rings. The molecule has 0 unspecified atom stereocenters. The second-order valence-electron chi connectivity index (χ2n) is 4.40. The van der Waals surface area contributed by atoms with E-state index in [0.717, 1.165) is 11.0 Å². The Morgan fingerprint density at radius 3 is 2.26 bits per heavy atom. The summed E-state index contributed by atoms with van der Waals surface area (Å²) in [6.45, 7) is -0.352. The molecule has 0 aliphatic carbocycles. The number of carbonyl (C=O) groups excluding carboxylic acids is 2. The van der Waals surface area contributed by atoms with Crippen LogP contribution in [0, 0.1) is 11.6 Å². The van der Waals surface area contributed by atoms with Crippen molar-refractivity contribution in [2.24, 2.45) is 0 Å². The minimum Gasteiger partial charge on any atom is -0.278 e. The van der Waals surface area contributed by atoms with E-state index in [2.05, 4.69) is 15.9 Å². The third kappa shape index (κ3) is 3.00. The molecule has 1 heterocycles. The van der Waals surface area contributed by atoms with Crippen LogP contribution in [0.3, 0.4) is 0 Å². The summed E-state index contributed by atoms with van der Waals surface area (Å²) in [4.78, 5) is 24.5. The largest absolute Gasteiger partial charge is 0.278 e. The first-order valence-corrected chi connectivity index (χ1v) is 6.75. The molecular formula is C13H12BrF2NO2. The van der Waals surface area contributed by atoms with Gasteiger partial charge in [0.15, 0.2) is 0 Å². The summed E-state index contributed by atoms with van der Waals surface area (Å²) in [5.41, 5.74) is -0.266. The molecule has 0 saturated carbocycles. The summed E-state index contributed by atoms with van der Waals surface area (Å²) >= 11 is 2.96. The van der Waals surface area contributed by atoms with E-state index in [1.165, 1.54) is 6.07 Å². The average molecular weight is 332 g/mol. The predicted octanol–water partition coefficient (Wildman–Crippen LogP) is 3.16. The number of rotatable bonds is 2. The van der Waals surface area contributed by atoms with Crippen LogP contribution in [0.4, 0.5) is 8.78 Å². The number of likely N-dealkylation sites (tertiary alicyclic amines) is 1. The number of hydrogen-bond donors (Lipinski definition) is 0. The van der Waals surface area contributed by atoms with Gasteiger partial charge < -0.3 is 0 Å². The van der Waals surface area contributed by atoms with Crippen molar-refractivity contribution in [2.75, 3.05) is 0 Å². The lowest BCUT2D eigenvalue weighted by Crippen LogP contribution is -2.35. The Hall–Kier alpha value is -1.30. The Morgan fingerprint density at radius 2 is 1.68 bits per heavy atom. The van der Waals surface area contributed by atoms with E-state index >= 15 is 0 Å². The fourth-order valence-corrected chi connectivity index (χ4v) is 2.38. The first-order chi connectivity index (χ1) is 9.00. The molecule has 2 amide bonds. The van der Waals surface area contributed by atoms with Gasteiger partial charge in [-0.2, -0.15) is 0 Å². The minimum atomic E-state index is -0.773. The van der Waals surface area contributed by atoms with E-state index < -0.39 is 11.6 Å². The molecule has 3 nitrogen and oxygen atoms in total. The van der Waals surface area contributed by atoms with E-state index in [4.69, 9.17) is 0 Å². The van der Waals surface area contributed by atoms with Crippen molar-refractivity contribution in [1.82, 2.24) is 4.90 Å². The monoisotopic (exact) mass is 331 g/mol. The maximum Gasteiger partial charge on any atom is 0.229 e. The molecule has 2 rings (SSSR count). The zero-order chi connectivity index (χ0) is 14.0. The maximum atomic E-state index is 13.8. The standard InChI is InChI=1S/C13H12BrF2NO2/c14-9-5-6-10(15)8(13(9)16)7-17-11(18)3-1-2-4-12(17)19/h5-6H,1-4,7H2. The summed E-state index contributed by atoms with van der Waals surface area (Å²) in [5.74, 6) is -2.28. The summed E-state index contributed by atoms with van der Waals surface area (Å²) < 4.78 is 27.6. The van der Waals surface area contributed by atoms with Gasteiger partial charge in [0.05, 0.1) is 11.0 Å². The van der Waals surface area contributed by atoms with Crippen molar-refractivity contribution in [2.45, 2.75) is 32.2 Å². The molecule has 102 valence electrons. The second kappa shape index (κ2) is 5.77. The Morgan fingerprint density at radius 1 is 1.11 bits per heavy atom. The number of nitrogens with zero attached hydrogens (tertiary/aromatic N) is 1. The lowest BCUT2D eigenvalue weighted by atomic mass is 10.1. The highest BCUT2D eigenvalue weighted by atomic mass is 79.9. The van der Waals surface area contributed by atoms with E-state index in [1.807, 2.05) is 0 Å². The highest BCUT2D eigenvalue weighted by Gasteiger charge is 2.26. The van der Waals surface area contributed by atoms with E-state index in [-0.39, 0.29) is 41.2 Å². The van der Waals surface area contributed by atoms with Crippen LogP contribution in [0.15, 0.2) is 16.6 Å². The molecule has 1 saturated heterocycles. The first-order valence-electron chi connectivity index (χ1n) is 5.96. The molecule has 1 aliphatic rings. The van der Waals surface area contributed by atoms with Crippen LogP contribution in [0.25, 0.3) is 0 Å². The first kappa shape index (κ1) is 14.1. The molecule has 19 heavy (non-hydrogen) atoms. The summed E-state index contributed by atoms with van der Waals surface area (Å²) in [7, 11) is 0. The third-order valence-electron chi connectivity index (χ3n) is 3.09. The predicted molar refractivity (Wildman–Crippen MR) is 68.1 cm³/mol. The quantitative estimate of drug-likeness (QED) is 0.616. The molecule has 1 fully saturated rings. The SMILES string of the molecule is O=C1CCCCC(=O)N1Cc1c(F)ccc(Br)c1F. The topological polar surface area (TPSA) is 37.4 Å². The molecule has 0 radical (unpaired) electrons. The fraction of sp³-hybridized carbons (Fsp3) is 0.385. The van der Waals surface area contributed by atoms with Gasteiger partial charge in [-0.25, -0.2) is 8.78 Å². The Kier molecular flexibility index (Phi) is 4.29. The molecule has 0 atom stereocenters. The number of benzene rings is 1. The molecule has 1 aromatic carbocycles. The number of hydrogen-bond acceptors (Lipinski definition) is 2. The van der Waals surface area contributed by atoms with Gasteiger partial charge in [-0.05, 0) is 40.9 Å². The van der Waals surface area contributed by atoms with Crippen LogP contribution < -0.4 is 0 Å². The minimum absolute atomic E-state index is 0.110. The van der Waals surface area contributed by atoms with Crippen molar-refractivity contribution < 1.29 is 18.4 Å². The van der Waals surface area contributed by atoms with Gasteiger partial charge in [-0.3, -0.25) is 14.5 Å². The van der Waals surface area contributed by atoms with Gasteiger partial charge >= 0.3 is 0 Å². The van der Waals surface area contributed by atoms with Crippen LogP contribution in [0.5, 0.6) is 0 Å². The summed E-state index contributed by atoms with van der Waals surface area (Å²) in [6, 6.07) is 2.36. The lowest BCUT2D eigenvalue weighted by Gasteiger charge is -2.19. The van der Waals surface area contributed by atoms with Gasteiger partial charge in [0.1, 0.15) is 11.6 Å². The van der Waals surface area contributed by atoms with E-state index in [1.54, 1.807) is 0 Å². The van der Waals surface area contributed by atoms with Crippen molar-refractivity contribution in [3.63, 3.8) is 0 Å². The fourth-order valence-electron chi connectivity index (χ4n) is 2.01. The van der Waals surface area contributed by atoms with Crippen LogP contribution in [-0.4, -0.2) is 16.7 Å². The van der Waals surface area contributed by atoms with Crippen molar-refractivity contribution in [1.29, 1.82) is 0 Å². The number of amides is 2. The number of imide groups is 1. The Balaban J connectivity index is 2.31. The maximum absolute atomic E-state index is 13.8. The van der Waals surface area contributed by atoms with Crippen molar-refractivity contribution in [3.8, 4) is 0 Å². The second-order valence-corrected chi connectivity index (χ2v) is 5.26. The highest BCUT2D eigenvalue weighted by molar-refractivity contribution is 9.10. The third-order valence-corrected chi connectivity index (χ3v) is 3.70. The van der Waals surface area contributed by atoms with Gasteiger partial charge in [-0.1, -0.05) is 0 Å². The summed E-state index contributed by atoms with van der Waals surface area (Å²) in [5, 5.41) is 0. The molecule has 0 N–H and O–H groups in total. The van der Waals surface area contributed by atoms with Gasteiger partial charge in [-0.15, -0.1) is 0 Å². The van der Waals surface area contributed by atoms with Crippen molar-refractivity contribution in [3.05, 3.63) is 33.8 Å². The molecule has 0 bridgehead atoms. The molecule has 6 heteroatoms. The summed E-state index contributed by atoms with van der Waals surface area (Å²) in [6.07, 6.45) is 1.74. The zero-order valence-corrected chi connectivity index (χ0v) is 11.7. The molecule has 0 aromatic heterocycles. The average Bonchev–Trinajstić information content (AvgIpc) is 2.53. The zero-order valence-electron chi connectivity index (χ0n) is 10.1. The lowest BCUT2D eigenvalue weighted by molar-refractivity contribution is -0.144. The highest BCUT2D eigenvalue weighted by Crippen LogP contribution is 2.24. The molecule has 0 spiro atoms.